The normalized spacial score (nSPS) is 13.9. The maximum atomic E-state index is 12.9. The summed E-state index contributed by atoms with van der Waals surface area (Å²) < 4.78 is 0. The first-order chi connectivity index (χ1) is 13.6. The van der Waals surface area contributed by atoms with E-state index in [2.05, 4.69) is 5.32 Å². The smallest absolute Gasteiger partial charge is 0.165 e. The van der Waals surface area contributed by atoms with Gasteiger partial charge in [0, 0.05) is 29.5 Å². The van der Waals surface area contributed by atoms with E-state index in [1.807, 2.05) is 91.2 Å². The van der Waals surface area contributed by atoms with Crippen molar-refractivity contribution < 1.29 is 9.90 Å². The van der Waals surface area contributed by atoms with Crippen molar-refractivity contribution in [3.8, 4) is 0 Å². The van der Waals surface area contributed by atoms with Gasteiger partial charge in [-0.25, -0.2) is 0 Å². The summed E-state index contributed by atoms with van der Waals surface area (Å²) in [7, 11) is 0. The van der Waals surface area contributed by atoms with E-state index in [9.17, 15) is 9.90 Å². The molecule has 1 aromatic heterocycles. The topological polar surface area (TPSA) is 49.3 Å². The number of ketones is 1. The summed E-state index contributed by atoms with van der Waals surface area (Å²) in [4.78, 5) is 13.9. The number of aliphatic hydroxyl groups is 1. The summed E-state index contributed by atoms with van der Waals surface area (Å²) in [6, 6.07) is 23.3. The SMILES string of the molecule is CC(NCCC(=O)/C(=C/c1ccccc1)c1cccs1)C(O)c1ccccc1. The van der Waals surface area contributed by atoms with Gasteiger partial charge in [0.1, 0.15) is 0 Å². The molecule has 0 bridgehead atoms. The largest absolute Gasteiger partial charge is 0.387 e. The first kappa shape index (κ1) is 20.2. The third-order valence-corrected chi connectivity index (χ3v) is 5.53. The van der Waals surface area contributed by atoms with Crippen LogP contribution in [0.25, 0.3) is 11.6 Å². The first-order valence-corrected chi connectivity index (χ1v) is 10.3. The molecule has 2 aromatic carbocycles. The van der Waals surface area contributed by atoms with E-state index in [0.717, 1.165) is 21.6 Å². The van der Waals surface area contributed by atoms with E-state index >= 15 is 0 Å². The van der Waals surface area contributed by atoms with E-state index in [0.29, 0.717) is 13.0 Å². The number of hydrogen-bond acceptors (Lipinski definition) is 4. The maximum absolute atomic E-state index is 12.9. The standard InChI is InChI=1S/C24H25NO2S/c1-18(24(27)20-11-6-3-7-12-20)25-15-14-22(26)21(23-13-8-16-28-23)17-19-9-4-2-5-10-19/h2-13,16-18,24-25,27H,14-15H2,1H3/b21-17-. The van der Waals surface area contributed by atoms with Gasteiger partial charge in [-0.3, -0.25) is 4.79 Å². The minimum Gasteiger partial charge on any atom is -0.387 e. The summed E-state index contributed by atoms with van der Waals surface area (Å²) in [6.45, 7) is 2.45. The van der Waals surface area contributed by atoms with Crippen molar-refractivity contribution in [3.05, 3.63) is 94.2 Å². The molecular weight excluding hydrogens is 366 g/mol. The van der Waals surface area contributed by atoms with E-state index in [1.165, 1.54) is 0 Å². The van der Waals surface area contributed by atoms with Crippen LogP contribution in [-0.2, 0) is 4.79 Å². The number of Topliss-reactive ketones (excluding diaryl/α,β-unsaturated/α-hetero) is 1. The van der Waals surface area contributed by atoms with Crippen LogP contribution in [0.2, 0.25) is 0 Å². The molecule has 0 saturated heterocycles. The lowest BCUT2D eigenvalue weighted by Crippen LogP contribution is -2.33. The molecule has 2 N–H and O–H groups in total. The van der Waals surface area contributed by atoms with E-state index in [4.69, 9.17) is 0 Å². The fourth-order valence-electron chi connectivity index (χ4n) is 3.04. The van der Waals surface area contributed by atoms with Crippen LogP contribution in [0.15, 0.2) is 78.2 Å². The van der Waals surface area contributed by atoms with Gasteiger partial charge in [-0.05, 0) is 35.6 Å². The van der Waals surface area contributed by atoms with Crippen molar-refractivity contribution in [3.63, 3.8) is 0 Å². The van der Waals surface area contributed by atoms with Gasteiger partial charge in [0.15, 0.2) is 5.78 Å². The molecule has 28 heavy (non-hydrogen) atoms. The number of hydrogen-bond donors (Lipinski definition) is 2. The second kappa shape index (κ2) is 10.1. The van der Waals surface area contributed by atoms with Crippen molar-refractivity contribution in [2.24, 2.45) is 0 Å². The Morgan fingerprint density at radius 2 is 1.71 bits per heavy atom. The number of nitrogens with one attached hydrogen (secondary N) is 1. The second-order valence-electron chi connectivity index (χ2n) is 6.72. The van der Waals surface area contributed by atoms with Crippen molar-refractivity contribution >= 4 is 28.8 Å². The number of aliphatic hydroxyl groups excluding tert-OH is 1. The minimum absolute atomic E-state index is 0.0974. The molecule has 3 aromatic rings. The lowest BCUT2D eigenvalue weighted by Gasteiger charge is -2.20. The van der Waals surface area contributed by atoms with Gasteiger partial charge in [0.2, 0.25) is 0 Å². The Morgan fingerprint density at radius 1 is 1.04 bits per heavy atom. The minimum atomic E-state index is -0.604. The molecule has 1 heterocycles. The molecule has 0 aliphatic heterocycles. The Morgan fingerprint density at radius 3 is 2.36 bits per heavy atom. The molecule has 0 saturated carbocycles. The Labute approximate surface area is 170 Å². The number of carbonyl (C=O) groups is 1. The molecule has 144 valence electrons. The predicted molar refractivity (Wildman–Crippen MR) is 117 cm³/mol. The van der Waals surface area contributed by atoms with Crippen molar-refractivity contribution in [2.45, 2.75) is 25.5 Å². The number of thiophene rings is 1. The van der Waals surface area contributed by atoms with Crippen molar-refractivity contribution in [1.29, 1.82) is 0 Å². The number of carbonyl (C=O) groups excluding carboxylic acids is 1. The fraction of sp³-hybridized carbons (Fsp3) is 0.208. The highest BCUT2D eigenvalue weighted by Crippen LogP contribution is 2.25. The summed E-state index contributed by atoms with van der Waals surface area (Å²) in [5, 5.41) is 15.7. The van der Waals surface area contributed by atoms with Gasteiger partial charge in [-0.15, -0.1) is 11.3 Å². The number of benzene rings is 2. The summed E-state index contributed by atoms with van der Waals surface area (Å²) in [5.74, 6) is 0.0974. The van der Waals surface area contributed by atoms with Gasteiger partial charge in [0.25, 0.3) is 0 Å². The molecule has 0 aliphatic rings. The van der Waals surface area contributed by atoms with Crippen LogP contribution in [0, 0.1) is 0 Å². The molecule has 2 unspecified atom stereocenters. The molecule has 0 radical (unpaired) electrons. The number of rotatable bonds is 9. The fourth-order valence-corrected chi connectivity index (χ4v) is 3.80. The van der Waals surface area contributed by atoms with Gasteiger partial charge in [-0.1, -0.05) is 66.7 Å². The van der Waals surface area contributed by atoms with Crippen LogP contribution < -0.4 is 5.32 Å². The Bertz CT molecular complexity index is 889. The zero-order valence-electron chi connectivity index (χ0n) is 15.9. The maximum Gasteiger partial charge on any atom is 0.165 e. The summed E-state index contributed by atoms with van der Waals surface area (Å²) >= 11 is 1.57. The first-order valence-electron chi connectivity index (χ1n) is 9.45. The van der Waals surface area contributed by atoms with Crippen LogP contribution in [-0.4, -0.2) is 23.5 Å². The van der Waals surface area contributed by atoms with Crippen LogP contribution in [0.5, 0.6) is 0 Å². The van der Waals surface area contributed by atoms with Gasteiger partial charge >= 0.3 is 0 Å². The van der Waals surface area contributed by atoms with Gasteiger partial charge in [-0.2, -0.15) is 0 Å². The molecule has 4 heteroatoms. The van der Waals surface area contributed by atoms with E-state index in [-0.39, 0.29) is 11.8 Å². The zero-order chi connectivity index (χ0) is 19.8. The van der Waals surface area contributed by atoms with Gasteiger partial charge in [0.05, 0.1) is 6.10 Å². The Kier molecular flexibility index (Phi) is 7.31. The Balaban J connectivity index is 1.62. The third-order valence-electron chi connectivity index (χ3n) is 4.63. The lowest BCUT2D eigenvalue weighted by atomic mass is 10.0. The highest BCUT2D eigenvalue weighted by Gasteiger charge is 2.17. The van der Waals surface area contributed by atoms with Crippen LogP contribution in [0.3, 0.4) is 0 Å². The molecule has 3 nitrogen and oxygen atoms in total. The monoisotopic (exact) mass is 391 g/mol. The second-order valence-corrected chi connectivity index (χ2v) is 7.67. The predicted octanol–water partition coefficient (Wildman–Crippen LogP) is 4.96. The average molecular weight is 392 g/mol. The third kappa shape index (κ3) is 5.49. The highest BCUT2D eigenvalue weighted by molar-refractivity contribution is 7.11. The molecule has 0 spiro atoms. The van der Waals surface area contributed by atoms with Crippen LogP contribution >= 0.6 is 11.3 Å². The average Bonchev–Trinajstić information content (AvgIpc) is 3.27. The van der Waals surface area contributed by atoms with Gasteiger partial charge < -0.3 is 10.4 Å². The van der Waals surface area contributed by atoms with Crippen LogP contribution in [0.4, 0.5) is 0 Å². The Hall–Kier alpha value is -2.53. The lowest BCUT2D eigenvalue weighted by molar-refractivity contribution is -0.113. The molecule has 2 atom stereocenters. The highest BCUT2D eigenvalue weighted by atomic mass is 32.1. The molecule has 0 fully saturated rings. The van der Waals surface area contributed by atoms with Crippen molar-refractivity contribution in [1.82, 2.24) is 5.32 Å². The quantitative estimate of drug-likeness (QED) is 0.507. The molecule has 0 amide bonds. The molecular formula is C24H25NO2S. The van der Waals surface area contributed by atoms with Crippen LogP contribution in [0.1, 0.15) is 35.5 Å². The number of allylic oxidation sites excluding steroid dienone is 1. The van der Waals surface area contributed by atoms with E-state index < -0.39 is 6.10 Å². The molecule has 0 aliphatic carbocycles. The summed E-state index contributed by atoms with van der Waals surface area (Å²) in [5.41, 5.74) is 2.62. The summed E-state index contributed by atoms with van der Waals surface area (Å²) in [6.07, 6.45) is 1.73. The van der Waals surface area contributed by atoms with E-state index in [1.54, 1.807) is 11.3 Å². The van der Waals surface area contributed by atoms with Crippen molar-refractivity contribution in [2.75, 3.05) is 6.54 Å². The molecule has 3 rings (SSSR count). The zero-order valence-corrected chi connectivity index (χ0v) is 16.7.